The SMILES string of the molecule is CC(O)C[N+]1(C)c2ccccc2SC1C. The van der Waals surface area contributed by atoms with Gasteiger partial charge in [-0.2, -0.15) is 0 Å². The molecule has 1 aromatic rings. The third-order valence-corrected chi connectivity index (χ3v) is 4.56. The summed E-state index contributed by atoms with van der Waals surface area (Å²) in [6, 6.07) is 8.50. The number of hydrogen-bond acceptors (Lipinski definition) is 2. The molecule has 0 bridgehead atoms. The molecule has 2 nitrogen and oxygen atoms in total. The standard InChI is InChI=1S/C12H18NOS/c1-9(14)8-13(3)10(2)15-12-7-5-4-6-11(12)13/h4-7,9-10,14H,8H2,1-3H3/q+1. The predicted molar refractivity (Wildman–Crippen MR) is 66.0 cm³/mol. The Kier molecular flexibility index (Phi) is 2.79. The Morgan fingerprint density at radius 3 is 2.80 bits per heavy atom. The first-order valence-corrected chi connectivity index (χ1v) is 6.21. The highest BCUT2D eigenvalue weighted by molar-refractivity contribution is 8.00. The van der Waals surface area contributed by atoms with E-state index in [4.69, 9.17) is 0 Å². The van der Waals surface area contributed by atoms with Gasteiger partial charge in [-0.3, -0.25) is 4.48 Å². The van der Waals surface area contributed by atoms with E-state index in [1.165, 1.54) is 10.6 Å². The molecule has 1 aliphatic rings. The number of quaternary nitrogens is 1. The molecular formula is C12H18NOS+. The molecule has 0 aromatic heterocycles. The molecule has 1 heterocycles. The van der Waals surface area contributed by atoms with Gasteiger partial charge in [0.2, 0.25) is 0 Å². The average molecular weight is 224 g/mol. The second-order valence-electron chi connectivity index (χ2n) is 4.48. The maximum Gasteiger partial charge on any atom is 0.147 e. The lowest BCUT2D eigenvalue weighted by molar-refractivity contribution is 0.141. The number of likely N-dealkylation sites (N-methyl/N-ethyl adjacent to an activating group) is 1. The Labute approximate surface area is 95.5 Å². The lowest BCUT2D eigenvalue weighted by Gasteiger charge is -2.34. The molecule has 2 rings (SSSR count). The van der Waals surface area contributed by atoms with Gasteiger partial charge in [0.05, 0.1) is 11.9 Å². The summed E-state index contributed by atoms with van der Waals surface area (Å²) < 4.78 is 0.832. The largest absolute Gasteiger partial charge is 0.388 e. The van der Waals surface area contributed by atoms with Crippen molar-refractivity contribution in [2.75, 3.05) is 13.6 Å². The number of thioether (sulfide) groups is 1. The molecule has 3 unspecified atom stereocenters. The zero-order valence-corrected chi connectivity index (χ0v) is 10.3. The second kappa shape index (κ2) is 3.81. The highest BCUT2D eigenvalue weighted by atomic mass is 32.2. The number of hydrogen-bond donors (Lipinski definition) is 1. The number of nitrogens with zero attached hydrogens (tertiary/aromatic N) is 1. The number of benzene rings is 1. The van der Waals surface area contributed by atoms with E-state index in [1.807, 2.05) is 18.7 Å². The van der Waals surface area contributed by atoms with Crippen LogP contribution in [0.5, 0.6) is 0 Å². The van der Waals surface area contributed by atoms with E-state index in [0.29, 0.717) is 5.37 Å². The normalized spacial score (nSPS) is 31.3. The molecule has 0 amide bonds. The zero-order chi connectivity index (χ0) is 11.1. The third-order valence-electron chi connectivity index (χ3n) is 3.16. The van der Waals surface area contributed by atoms with E-state index in [0.717, 1.165) is 11.0 Å². The van der Waals surface area contributed by atoms with E-state index in [2.05, 4.69) is 38.2 Å². The Morgan fingerprint density at radius 1 is 1.47 bits per heavy atom. The number of rotatable bonds is 2. The van der Waals surface area contributed by atoms with Gasteiger partial charge < -0.3 is 5.11 Å². The van der Waals surface area contributed by atoms with Crippen molar-refractivity contribution >= 4 is 17.4 Å². The highest BCUT2D eigenvalue weighted by Gasteiger charge is 2.41. The topological polar surface area (TPSA) is 20.2 Å². The fourth-order valence-electron chi connectivity index (χ4n) is 2.27. The number of fused-ring (bicyclic) bond motifs is 1. The molecule has 0 aliphatic carbocycles. The van der Waals surface area contributed by atoms with Crippen molar-refractivity contribution in [1.82, 2.24) is 4.48 Å². The minimum atomic E-state index is -0.260. The fraction of sp³-hybridized carbons (Fsp3) is 0.500. The van der Waals surface area contributed by atoms with Crippen LogP contribution in [0.2, 0.25) is 0 Å². The highest BCUT2D eigenvalue weighted by Crippen LogP contribution is 2.47. The van der Waals surface area contributed by atoms with Crippen LogP contribution in [-0.4, -0.2) is 30.2 Å². The zero-order valence-electron chi connectivity index (χ0n) is 9.47. The summed E-state index contributed by atoms with van der Waals surface area (Å²) in [5.41, 5.74) is 1.34. The summed E-state index contributed by atoms with van der Waals surface area (Å²) in [6.45, 7) is 4.88. The number of aliphatic hydroxyl groups is 1. The van der Waals surface area contributed by atoms with Gasteiger partial charge in [0.25, 0.3) is 0 Å². The molecule has 15 heavy (non-hydrogen) atoms. The van der Waals surface area contributed by atoms with E-state index in [9.17, 15) is 5.11 Å². The first kappa shape index (κ1) is 11.0. The van der Waals surface area contributed by atoms with Crippen molar-refractivity contribution in [2.45, 2.75) is 30.2 Å². The average Bonchev–Trinajstić information content (AvgIpc) is 2.39. The number of para-hydroxylation sites is 1. The van der Waals surface area contributed by atoms with Gasteiger partial charge in [-0.25, -0.2) is 0 Å². The van der Waals surface area contributed by atoms with Crippen LogP contribution in [-0.2, 0) is 0 Å². The lowest BCUT2D eigenvalue weighted by Crippen LogP contribution is -2.52. The van der Waals surface area contributed by atoms with Crippen molar-refractivity contribution in [3.8, 4) is 0 Å². The Bertz CT molecular complexity index is 366. The third kappa shape index (κ3) is 1.80. The molecule has 3 atom stereocenters. The van der Waals surface area contributed by atoms with Crippen LogP contribution in [0.1, 0.15) is 13.8 Å². The first-order chi connectivity index (χ1) is 7.04. The molecular weight excluding hydrogens is 206 g/mol. The van der Waals surface area contributed by atoms with Crippen LogP contribution in [0, 0.1) is 0 Å². The van der Waals surface area contributed by atoms with Gasteiger partial charge >= 0.3 is 0 Å². The molecule has 1 aliphatic heterocycles. The van der Waals surface area contributed by atoms with Crippen molar-refractivity contribution in [2.24, 2.45) is 0 Å². The van der Waals surface area contributed by atoms with Gasteiger partial charge in [0.15, 0.2) is 0 Å². The summed E-state index contributed by atoms with van der Waals surface area (Å²) in [6.07, 6.45) is -0.260. The Hall–Kier alpha value is -0.510. The van der Waals surface area contributed by atoms with Gasteiger partial charge in [-0.1, -0.05) is 23.9 Å². The van der Waals surface area contributed by atoms with Gasteiger partial charge in [0, 0.05) is 6.07 Å². The monoisotopic (exact) mass is 224 g/mol. The second-order valence-corrected chi connectivity index (χ2v) is 5.84. The molecule has 0 fully saturated rings. The predicted octanol–water partition coefficient (Wildman–Crippen LogP) is 2.46. The maximum atomic E-state index is 9.60. The molecule has 3 heteroatoms. The molecule has 0 spiro atoms. The van der Waals surface area contributed by atoms with Crippen molar-refractivity contribution in [1.29, 1.82) is 0 Å². The first-order valence-electron chi connectivity index (χ1n) is 5.33. The van der Waals surface area contributed by atoms with Crippen LogP contribution < -0.4 is 4.48 Å². The lowest BCUT2D eigenvalue weighted by atomic mass is 10.2. The van der Waals surface area contributed by atoms with Crippen LogP contribution in [0.25, 0.3) is 0 Å². The summed E-state index contributed by atoms with van der Waals surface area (Å²) in [7, 11) is 2.20. The quantitative estimate of drug-likeness (QED) is 0.779. The van der Waals surface area contributed by atoms with Crippen LogP contribution >= 0.6 is 11.8 Å². The van der Waals surface area contributed by atoms with Crippen molar-refractivity contribution in [3.63, 3.8) is 0 Å². The van der Waals surface area contributed by atoms with Crippen LogP contribution in [0.15, 0.2) is 29.2 Å². The van der Waals surface area contributed by atoms with Gasteiger partial charge in [0.1, 0.15) is 23.7 Å². The van der Waals surface area contributed by atoms with Crippen LogP contribution in [0.3, 0.4) is 0 Å². The molecule has 82 valence electrons. The summed E-state index contributed by atoms with van der Waals surface area (Å²) >= 11 is 1.90. The van der Waals surface area contributed by atoms with E-state index in [1.54, 1.807) is 0 Å². The maximum absolute atomic E-state index is 9.60. The van der Waals surface area contributed by atoms with Gasteiger partial charge in [-0.15, -0.1) is 0 Å². The molecule has 1 aromatic carbocycles. The van der Waals surface area contributed by atoms with Crippen molar-refractivity contribution in [3.05, 3.63) is 24.3 Å². The fourth-order valence-corrected chi connectivity index (χ4v) is 3.62. The van der Waals surface area contributed by atoms with E-state index < -0.39 is 0 Å². The minimum Gasteiger partial charge on any atom is -0.388 e. The summed E-state index contributed by atoms with van der Waals surface area (Å²) in [4.78, 5) is 1.35. The summed E-state index contributed by atoms with van der Waals surface area (Å²) in [5.74, 6) is 0. The molecule has 0 saturated carbocycles. The van der Waals surface area contributed by atoms with Crippen LogP contribution in [0.4, 0.5) is 5.69 Å². The Morgan fingerprint density at radius 2 is 2.13 bits per heavy atom. The smallest absolute Gasteiger partial charge is 0.147 e. The van der Waals surface area contributed by atoms with Crippen molar-refractivity contribution < 1.29 is 5.11 Å². The Balaban J connectivity index is 2.40. The molecule has 1 N–H and O–H groups in total. The van der Waals surface area contributed by atoms with E-state index >= 15 is 0 Å². The molecule has 0 saturated heterocycles. The summed E-state index contributed by atoms with van der Waals surface area (Å²) in [5, 5.41) is 10.1. The van der Waals surface area contributed by atoms with E-state index in [-0.39, 0.29) is 6.10 Å². The number of aliphatic hydroxyl groups excluding tert-OH is 1. The molecule has 0 radical (unpaired) electrons. The minimum absolute atomic E-state index is 0.260. The van der Waals surface area contributed by atoms with Gasteiger partial charge in [-0.05, 0) is 19.9 Å².